The number of nitrogens with one attached hydrogen (secondary N) is 1. The Hall–Kier alpha value is -3.26. The number of anilines is 1. The Kier molecular flexibility index (Phi) is 6.47. The number of piperazine rings is 1. The SMILES string of the molecule is Cc1cccc(NC(=O)CN2CCN(C(=O)c3cccc(C)c3[N+](=O)[O-])CC2)c1C. The lowest BCUT2D eigenvalue weighted by molar-refractivity contribution is -0.385. The number of rotatable bonds is 5. The van der Waals surface area contributed by atoms with Gasteiger partial charge in [0.2, 0.25) is 5.91 Å². The normalized spacial score (nSPS) is 14.4. The molecule has 158 valence electrons. The second kappa shape index (κ2) is 9.04. The first-order valence-electron chi connectivity index (χ1n) is 9.89. The first kappa shape index (κ1) is 21.4. The van der Waals surface area contributed by atoms with E-state index in [1.54, 1.807) is 24.0 Å². The number of hydrogen-bond acceptors (Lipinski definition) is 5. The van der Waals surface area contributed by atoms with Crippen molar-refractivity contribution >= 4 is 23.2 Å². The summed E-state index contributed by atoms with van der Waals surface area (Å²) in [5.41, 5.74) is 3.40. The van der Waals surface area contributed by atoms with Gasteiger partial charge < -0.3 is 10.2 Å². The molecule has 8 nitrogen and oxygen atoms in total. The molecule has 30 heavy (non-hydrogen) atoms. The van der Waals surface area contributed by atoms with Crippen LogP contribution in [0, 0.1) is 30.9 Å². The lowest BCUT2D eigenvalue weighted by Crippen LogP contribution is -2.50. The van der Waals surface area contributed by atoms with Crippen LogP contribution in [-0.4, -0.2) is 59.3 Å². The summed E-state index contributed by atoms with van der Waals surface area (Å²) >= 11 is 0. The molecule has 2 aromatic rings. The number of aryl methyl sites for hydroxylation is 2. The summed E-state index contributed by atoms with van der Waals surface area (Å²) in [7, 11) is 0. The monoisotopic (exact) mass is 410 g/mol. The molecule has 1 aliphatic rings. The van der Waals surface area contributed by atoms with E-state index in [1.807, 2.05) is 36.9 Å². The van der Waals surface area contributed by atoms with Crippen LogP contribution >= 0.6 is 0 Å². The maximum Gasteiger partial charge on any atom is 0.285 e. The molecular formula is C22H26N4O4. The molecule has 1 heterocycles. The van der Waals surface area contributed by atoms with Crippen LogP contribution in [0.1, 0.15) is 27.0 Å². The van der Waals surface area contributed by atoms with Gasteiger partial charge in [-0.1, -0.05) is 24.3 Å². The van der Waals surface area contributed by atoms with Gasteiger partial charge in [0.05, 0.1) is 11.5 Å². The Morgan fingerprint density at radius 3 is 2.30 bits per heavy atom. The van der Waals surface area contributed by atoms with Gasteiger partial charge >= 0.3 is 0 Å². The summed E-state index contributed by atoms with van der Waals surface area (Å²) in [6.07, 6.45) is 0. The van der Waals surface area contributed by atoms with Crippen molar-refractivity contribution < 1.29 is 14.5 Å². The smallest absolute Gasteiger partial charge is 0.285 e. The minimum atomic E-state index is -0.504. The summed E-state index contributed by atoms with van der Waals surface area (Å²) in [6.45, 7) is 7.74. The largest absolute Gasteiger partial charge is 0.336 e. The molecular weight excluding hydrogens is 384 g/mol. The van der Waals surface area contributed by atoms with Crippen LogP contribution in [0.4, 0.5) is 11.4 Å². The highest BCUT2D eigenvalue weighted by atomic mass is 16.6. The van der Waals surface area contributed by atoms with Gasteiger partial charge in [0.25, 0.3) is 11.6 Å². The van der Waals surface area contributed by atoms with Crippen molar-refractivity contribution in [3.63, 3.8) is 0 Å². The molecule has 0 saturated carbocycles. The summed E-state index contributed by atoms with van der Waals surface area (Å²) in [6, 6.07) is 10.6. The Morgan fingerprint density at radius 1 is 1.00 bits per heavy atom. The predicted octanol–water partition coefficient (Wildman–Crippen LogP) is 2.92. The molecule has 2 aromatic carbocycles. The molecule has 0 radical (unpaired) electrons. The highest BCUT2D eigenvalue weighted by Crippen LogP contribution is 2.25. The van der Waals surface area contributed by atoms with Crippen LogP contribution in [0.2, 0.25) is 0 Å². The van der Waals surface area contributed by atoms with E-state index in [1.165, 1.54) is 6.07 Å². The van der Waals surface area contributed by atoms with Crippen LogP contribution in [0.15, 0.2) is 36.4 Å². The fourth-order valence-corrected chi connectivity index (χ4v) is 3.63. The van der Waals surface area contributed by atoms with E-state index < -0.39 is 4.92 Å². The number of nitro groups is 1. The molecule has 0 aromatic heterocycles. The number of amides is 2. The van der Waals surface area contributed by atoms with E-state index in [9.17, 15) is 19.7 Å². The Bertz CT molecular complexity index is 981. The molecule has 1 N–H and O–H groups in total. The van der Waals surface area contributed by atoms with Crippen LogP contribution in [0.5, 0.6) is 0 Å². The highest BCUT2D eigenvalue weighted by Gasteiger charge is 2.29. The van der Waals surface area contributed by atoms with Crippen LogP contribution < -0.4 is 5.32 Å². The first-order chi connectivity index (χ1) is 14.3. The molecule has 1 saturated heterocycles. The molecule has 0 spiro atoms. The van der Waals surface area contributed by atoms with E-state index in [-0.39, 0.29) is 29.6 Å². The molecule has 0 bridgehead atoms. The maximum atomic E-state index is 12.8. The lowest BCUT2D eigenvalue weighted by Gasteiger charge is -2.34. The third-order valence-electron chi connectivity index (χ3n) is 5.56. The molecule has 0 atom stereocenters. The standard InChI is InChI=1S/C22H26N4O4/c1-15-6-5-9-19(17(15)3)23-20(27)14-24-10-12-25(13-11-24)22(28)18-8-4-7-16(2)21(18)26(29)30/h4-9H,10-14H2,1-3H3,(H,23,27). The number of benzene rings is 2. The number of carbonyl (C=O) groups excluding carboxylic acids is 2. The first-order valence-corrected chi connectivity index (χ1v) is 9.89. The van der Waals surface area contributed by atoms with Gasteiger partial charge in [0.1, 0.15) is 5.56 Å². The number of para-hydroxylation sites is 1. The third kappa shape index (κ3) is 4.65. The van der Waals surface area contributed by atoms with Crippen molar-refractivity contribution in [1.82, 2.24) is 9.80 Å². The van der Waals surface area contributed by atoms with E-state index in [2.05, 4.69) is 5.32 Å². The Morgan fingerprint density at radius 2 is 1.63 bits per heavy atom. The molecule has 1 fully saturated rings. The summed E-state index contributed by atoms with van der Waals surface area (Å²) < 4.78 is 0. The highest BCUT2D eigenvalue weighted by molar-refractivity contribution is 5.98. The predicted molar refractivity (Wildman–Crippen MR) is 115 cm³/mol. The zero-order chi connectivity index (χ0) is 21.8. The van der Waals surface area contributed by atoms with E-state index in [0.717, 1.165) is 16.8 Å². The van der Waals surface area contributed by atoms with Gasteiger partial charge in [-0.25, -0.2) is 0 Å². The summed E-state index contributed by atoms with van der Waals surface area (Å²) in [4.78, 5) is 39.7. The molecule has 0 unspecified atom stereocenters. The Labute approximate surface area is 175 Å². The van der Waals surface area contributed by atoms with Gasteiger partial charge in [0, 0.05) is 37.4 Å². The number of hydrogen-bond donors (Lipinski definition) is 1. The summed E-state index contributed by atoms with van der Waals surface area (Å²) in [5, 5.41) is 14.3. The van der Waals surface area contributed by atoms with Gasteiger partial charge in [-0.3, -0.25) is 24.6 Å². The van der Waals surface area contributed by atoms with E-state index >= 15 is 0 Å². The molecule has 8 heteroatoms. The van der Waals surface area contributed by atoms with Crippen molar-refractivity contribution in [2.24, 2.45) is 0 Å². The average molecular weight is 410 g/mol. The van der Waals surface area contributed by atoms with Crippen LogP contribution in [0.3, 0.4) is 0 Å². The van der Waals surface area contributed by atoms with Crippen LogP contribution in [0.25, 0.3) is 0 Å². The van der Waals surface area contributed by atoms with E-state index in [0.29, 0.717) is 31.7 Å². The molecule has 0 aliphatic carbocycles. The van der Waals surface area contributed by atoms with Crippen molar-refractivity contribution in [2.75, 3.05) is 38.0 Å². The van der Waals surface area contributed by atoms with Crippen molar-refractivity contribution in [2.45, 2.75) is 20.8 Å². The number of nitrogens with zero attached hydrogens (tertiary/aromatic N) is 3. The zero-order valence-corrected chi connectivity index (χ0v) is 17.5. The molecule has 3 rings (SSSR count). The zero-order valence-electron chi connectivity index (χ0n) is 17.5. The van der Waals surface area contributed by atoms with Crippen LogP contribution in [-0.2, 0) is 4.79 Å². The van der Waals surface area contributed by atoms with E-state index in [4.69, 9.17) is 0 Å². The fourth-order valence-electron chi connectivity index (χ4n) is 3.63. The Balaban J connectivity index is 1.58. The topological polar surface area (TPSA) is 95.8 Å². The second-order valence-electron chi connectivity index (χ2n) is 7.59. The number of nitro benzene ring substituents is 1. The van der Waals surface area contributed by atoms with Crippen molar-refractivity contribution in [3.8, 4) is 0 Å². The van der Waals surface area contributed by atoms with Crippen molar-refractivity contribution in [1.29, 1.82) is 0 Å². The fraction of sp³-hybridized carbons (Fsp3) is 0.364. The molecule has 2 amide bonds. The van der Waals surface area contributed by atoms with Gasteiger partial charge in [-0.05, 0) is 44.0 Å². The lowest BCUT2D eigenvalue weighted by atomic mass is 10.1. The van der Waals surface area contributed by atoms with Crippen molar-refractivity contribution in [3.05, 3.63) is 68.8 Å². The van der Waals surface area contributed by atoms with Gasteiger partial charge in [0.15, 0.2) is 0 Å². The maximum absolute atomic E-state index is 12.8. The number of carbonyl (C=O) groups is 2. The van der Waals surface area contributed by atoms with Gasteiger partial charge in [-0.15, -0.1) is 0 Å². The second-order valence-corrected chi connectivity index (χ2v) is 7.59. The minimum Gasteiger partial charge on any atom is -0.336 e. The quantitative estimate of drug-likeness (QED) is 0.604. The summed E-state index contributed by atoms with van der Waals surface area (Å²) in [5.74, 6) is -0.442. The average Bonchev–Trinajstić information content (AvgIpc) is 2.71. The molecule has 1 aliphatic heterocycles. The minimum absolute atomic E-state index is 0.0993. The van der Waals surface area contributed by atoms with Gasteiger partial charge in [-0.2, -0.15) is 0 Å². The third-order valence-corrected chi connectivity index (χ3v) is 5.56.